The van der Waals surface area contributed by atoms with E-state index in [0.29, 0.717) is 28.4 Å². The van der Waals surface area contributed by atoms with Gasteiger partial charge in [-0.15, -0.1) is 21.5 Å². The van der Waals surface area contributed by atoms with Crippen molar-refractivity contribution in [2.75, 3.05) is 44.5 Å². The molecule has 2 fully saturated rings. The van der Waals surface area contributed by atoms with Gasteiger partial charge < -0.3 is 51.4 Å². The number of carbonyl (C=O) groups is 6. The molecule has 22 nitrogen and oxygen atoms in total. The van der Waals surface area contributed by atoms with Gasteiger partial charge in [-0.25, -0.2) is 14.4 Å². The van der Waals surface area contributed by atoms with E-state index in [0.717, 1.165) is 16.1 Å². The third kappa shape index (κ3) is 11.6. The standard InChI is InChI=1S/C46H54FN13O9S/c1-24-38(70-23-52-24)25-11-12-26(18-50-41(64)31-16-27(61)20-60(31)43(66)39(45(2,3)4)55-44(67)46(47)13-14-46)32(15-25)69-21-35(63)49-19-34(62)54-33-17-30(36(57-56-33)42(65)48-5)53-29-10-8-9-28(37(29)68-7)40-51-22-59(6)58-40/h8-12,15,17,22-23,27,31,39,61H,13-14,16,18-21H2,1-7H3,(H,48,65)(H,49,63)(H,50,64)(H,55,67)(H2,53,54,56,62)/t27-,31+,39-/m1/s1. The number of halogens is 1. The molecule has 70 heavy (non-hydrogen) atoms. The Morgan fingerprint density at radius 3 is 2.44 bits per heavy atom. The lowest BCUT2D eigenvalue weighted by molar-refractivity contribution is -0.145. The van der Waals surface area contributed by atoms with Crippen LogP contribution in [0.3, 0.4) is 0 Å². The number of aliphatic hydroxyl groups is 1. The largest absolute Gasteiger partial charge is 0.494 e. The van der Waals surface area contributed by atoms with Crippen LogP contribution >= 0.6 is 11.3 Å². The fourth-order valence-corrected chi connectivity index (χ4v) is 8.41. The molecule has 4 heterocycles. The van der Waals surface area contributed by atoms with Gasteiger partial charge >= 0.3 is 0 Å². The Hall–Kier alpha value is -7.60. The van der Waals surface area contributed by atoms with Gasteiger partial charge in [-0.1, -0.05) is 39.0 Å². The summed E-state index contributed by atoms with van der Waals surface area (Å²) >= 11 is 1.40. The van der Waals surface area contributed by atoms with Crippen LogP contribution in [-0.2, 0) is 37.6 Å². The minimum absolute atomic E-state index is 0.0438. The number of nitrogens with one attached hydrogen (secondary N) is 6. The van der Waals surface area contributed by atoms with Crippen molar-refractivity contribution in [1.29, 1.82) is 0 Å². The molecule has 0 bridgehead atoms. The smallest absolute Gasteiger partial charge is 0.273 e. The van der Waals surface area contributed by atoms with Crippen molar-refractivity contribution < 1.29 is 47.7 Å². The second-order valence-electron chi connectivity index (χ2n) is 17.9. The number of benzene rings is 2. The number of aliphatic hydroxyl groups excluding tert-OH is 1. The number of methoxy groups -OCH3 is 1. The summed E-state index contributed by atoms with van der Waals surface area (Å²) in [6, 6.07) is 9.55. The Morgan fingerprint density at radius 1 is 1.01 bits per heavy atom. The zero-order valence-electron chi connectivity index (χ0n) is 39.5. The van der Waals surface area contributed by atoms with Gasteiger partial charge in [-0.3, -0.25) is 33.4 Å². The van der Waals surface area contributed by atoms with Crippen molar-refractivity contribution >= 4 is 64.0 Å². The van der Waals surface area contributed by atoms with Gasteiger partial charge in [-0.2, -0.15) is 5.10 Å². The number of anilines is 3. The quantitative estimate of drug-likeness (QED) is 0.0664. The topological polar surface area (TPSA) is 286 Å². The maximum absolute atomic E-state index is 14.7. The van der Waals surface area contributed by atoms with Crippen LogP contribution in [0.4, 0.5) is 21.6 Å². The number of para-hydroxylation sites is 1. The van der Waals surface area contributed by atoms with E-state index in [1.165, 1.54) is 36.5 Å². The zero-order valence-corrected chi connectivity index (χ0v) is 40.3. The number of hydrogen-bond donors (Lipinski definition) is 7. The molecule has 2 aliphatic rings. The molecule has 2 aromatic carbocycles. The second-order valence-corrected chi connectivity index (χ2v) is 18.7. The van der Waals surface area contributed by atoms with Crippen LogP contribution in [-0.4, -0.2) is 133 Å². The number of aromatic nitrogens is 6. The van der Waals surface area contributed by atoms with Crippen LogP contribution in [0.1, 0.15) is 61.8 Å². The van der Waals surface area contributed by atoms with Crippen molar-refractivity contribution in [3.05, 3.63) is 71.3 Å². The predicted octanol–water partition coefficient (Wildman–Crippen LogP) is 2.56. The predicted molar refractivity (Wildman–Crippen MR) is 254 cm³/mol. The van der Waals surface area contributed by atoms with E-state index in [9.17, 15) is 38.3 Å². The zero-order chi connectivity index (χ0) is 50.5. The molecule has 1 saturated carbocycles. The van der Waals surface area contributed by atoms with E-state index in [1.807, 2.05) is 6.92 Å². The van der Waals surface area contributed by atoms with Gasteiger partial charge in [0.05, 0.1) is 52.8 Å². The minimum atomic E-state index is -2.03. The van der Waals surface area contributed by atoms with Crippen molar-refractivity contribution in [2.45, 2.75) is 77.4 Å². The fourth-order valence-electron chi connectivity index (χ4n) is 7.61. The third-order valence-corrected chi connectivity index (χ3v) is 12.5. The monoisotopic (exact) mass is 983 g/mol. The Balaban J connectivity index is 0.999. The molecule has 1 aliphatic carbocycles. The first-order valence-corrected chi connectivity index (χ1v) is 23.0. The van der Waals surface area contributed by atoms with E-state index in [1.54, 1.807) is 80.7 Å². The molecule has 24 heteroatoms. The van der Waals surface area contributed by atoms with Gasteiger partial charge in [-0.05, 0) is 48.9 Å². The Labute approximate surface area is 405 Å². The number of carbonyl (C=O) groups excluding carboxylic acids is 6. The first-order valence-electron chi connectivity index (χ1n) is 22.2. The van der Waals surface area contributed by atoms with E-state index in [2.05, 4.69) is 57.2 Å². The molecular formula is C46H54FN13O9S. The van der Waals surface area contributed by atoms with Crippen LogP contribution in [0.2, 0.25) is 0 Å². The summed E-state index contributed by atoms with van der Waals surface area (Å²) in [5.41, 5.74) is 1.84. The highest BCUT2D eigenvalue weighted by molar-refractivity contribution is 7.13. The van der Waals surface area contributed by atoms with Crippen LogP contribution in [0.5, 0.6) is 11.5 Å². The van der Waals surface area contributed by atoms with E-state index in [-0.39, 0.29) is 55.3 Å². The number of rotatable bonds is 18. The second kappa shape index (κ2) is 21.0. The van der Waals surface area contributed by atoms with Crippen molar-refractivity contribution in [1.82, 2.24) is 56.1 Å². The van der Waals surface area contributed by atoms with Crippen molar-refractivity contribution in [3.8, 4) is 33.3 Å². The van der Waals surface area contributed by atoms with Gasteiger partial charge in [0.15, 0.2) is 35.4 Å². The summed E-state index contributed by atoms with van der Waals surface area (Å²) < 4.78 is 27.9. The normalized spacial score (nSPS) is 16.4. The molecule has 370 valence electrons. The number of β-amino-alcohol motifs (C(OH)–C–C–N with tert-alkyl or cyclic N) is 1. The number of alkyl halides is 1. The van der Waals surface area contributed by atoms with Crippen LogP contribution in [0.15, 0.2) is 54.3 Å². The minimum Gasteiger partial charge on any atom is -0.494 e. The number of thiazole rings is 1. The van der Waals surface area contributed by atoms with Gasteiger partial charge in [0.1, 0.15) is 24.2 Å². The summed E-state index contributed by atoms with van der Waals surface area (Å²) in [6.07, 6.45) is 0.566. The van der Waals surface area contributed by atoms with Crippen LogP contribution < -0.4 is 41.4 Å². The summed E-state index contributed by atoms with van der Waals surface area (Å²) in [5.74, 6) is -3.05. The molecule has 0 spiro atoms. The number of aryl methyl sites for hydroxylation is 2. The highest BCUT2D eigenvalue weighted by atomic mass is 32.1. The average molecular weight is 984 g/mol. The van der Waals surface area contributed by atoms with Crippen LogP contribution in [0.25, 0.3) is 21.8 Å². The maximum Gasteiger partial charge on any atom is 0.273 e. The molecular weight excluding hydrogens is 930 g/mol. The molecule has 3 aromatic heterocycles. The molecule has 1 saturated heterocycles. The summed E-state index contributed by atoms with van der Waals surface area (Å²) in [4.78, 5) is 90.2. The molecule has 0 radical (unpaired) electrons. The number of amides is 6. The molecule has 7 rings (SSSR count). The van der Waals surface area contributed by atoms with Gasteiger partial charge in [0, 0.05) is 45.2 Å². The summed E-state index contributed by atoms with van der Waals surface area (Å²) in [5, 5.41) is 39.1. The maximum atomic E-state index is 14.7. The third-order valence-electron chi connectivity index (χ3n) is 11.5. The van der Waals surface area contributed by atoms with E-state index in [4.69, 9.17) is 9.47 Å². The molecule has 0 unspecified atom stereocenters. The highest BCUT2D eigenvalue weighted by Crippen LogP contribution is 2.41. The lowest BCUT2D eigenvalue weighted by Crippen LogP contribution is -2.59. The number of nitrogens with zero attached hydrogens (tertiary/aromatic N) is 7. The molecule has 6 amide bonds. The number of ether oxygens (including phenoxy) is 2. The molecule has 5 aromatic rings. The fraction of sp³-hybridized carbons (Fsp3) is 0.413. The Bertz CT molecular complexity index is 2810. The Morgan fingerprint density at radius 2 is 1.79 bits per heavy atom. The SMILES string of the molecule is CNC(=O)c1nnc(NC(=O)CNC(=O)COc2cc(-c3scnc3C)ccc2CNC(=O)[C@@H]2C[C@@H](O)CN2C(=O)[C@@H](NC(=O)C2(F)CC2)C(C)(C)C)cc1Nc1cccc(-c2ncn(C)n2)c1OC. The first kappa shape index (κ1) is 50.3. The van der Waals surface area contributed by atoms with E-state index >= 15 is 0 Å². The molecule has 7 N–H and O–H groups in total. The summed E-state index contributed by atoms with van der Waals surface area (Å²) in [7, 11) is 4.63. The summed E-state index contributed by atoms with van der Waals surface area (Å²) in [6.45, 7) is 5.65. The lowest BCUT2D eigenvalue weighted by atomic mass is 9.85. The van der Waals surface area contributed by atoms with E-state index < -0.39 is 77.9 Å². The number of likely N-dealkylation sites (tertiary alicyclic amines) is 1. The molecule has 3 atom stereocenters. The van der Waals surface area contributed by atoms with Crippen LogP contribution in [0, 0.1) is 12.3 Å². The average Bonchev–Trinajstić information content (AvgIpc) is 3.58. The Kier molecular flexibility index (Phi) is 15.0. The highest BCUT2D eigenvalue weighted by Gasteiger charge is 2.53. The van der Waals surface area contributed by atoms with Gasteiger partial charge in [0.25, 0.3) is 17.7 Å². The van der Waals surface area contributed by atoms with Gasteiger partial charge in [0.2, 0.25) is 17.7 Å². The van der Waals surface area contributed by atoms with Crippen molar-refractivity contribution in [2.24, 2.45) is 12.5 Å². The van der Waals surface area contributed by atoms with Crippen molar-refractivity contribution in [3.63, 3.8) is 0 Å². The number of hydrogen-bond acceptors (Lipinski definition) is 16. The lowest BCUT2D eigenvalue weighted by Gasteiger charge is -2.35. The first-order chi connectivity index (χ1) is 33.3. The molecule has 1 aliphatic heterocycles.